The van der Waals surface area contributed by atoms with E-state index in [1.165, 1.54) is 11.1 Å². The predicted molar refractivity (Wildman–Crippen MR) is 130 cm³/mol. The first kappa shape index (κ1) is 24.7. The van der Waals surface area contributed by atoms with Crippen LogP contribution in [0.2, 0.25) is 0 Å². The Morgan fingerprint density at radius 2 is 1.69 bits per heavy atom. The van der Waals surface area contributed by atoms with Crippen molar-refractivity contribution in [1.29, 1.82) is 0 Å². The van der Waals surface area contributed by atoms with E-state index in [1.54, 1.807) is 11.8 Å². The van der Waals surface area contributed by atoms with Crippen molar-refractivity contribution in [1.82, 2.24) is 10.2 Å². The Morgan fingerprint density at radius 1 is 1.03 bits per heavy atom. The number of amides is 2. The van der Waals surface area contributed by atoms with Gasteiger partial charge in [-0.3, -0.25) is 9.59 Å². The summed E-state index contributed by atoms with van der Waals surface area (Å²) in [6.45, 7) is 3.35. The van der Waals surface area contributed by atoms with Gasteiger partial charge in [0, 0.05) is 25.0 Å². The van der Waals surface area contributed by atoms with Gasteiger partial charge in [-0.05, 0) is 42.0 Å². The smallest absolute Gasteiger partial charge is 0.407 e. The Kier molecular flexibility index (Phi) is 8.02. The zero-order valence-corrected chi connectivity index (χ0v) is 19.9. The van der Waals surface area contributed by atoms with Crippen molar-refractivity contribution >= 4 is 18.0 Å². The van der Waals surface area contributed by atoms with Gasteiger partial charge in [0.1, 0.15) is 6.61 Å². The lowest BCUT2D eigenvalue weighted by atomic mass is 9.90. The quantitative estimate of drug-likeness (QED) is 0.531. The first-order chi connectivity index (χ1) is 17.0. The molecule has 1 aliphatic carbocycles. The molecule has 2 aromatic rings. The van der Waals surface area contributed by atoms with Crippen LogP contribution >= 0.6 is 0 Å². The number of nitrogens with one attached hydrogen (secondary N) is 1. The highest BCUT2D eigenvalue weighted by Gasteiger charge is 2.35. The molecule has 35 heavy (non-hydrogen) atoms. The summed E-state index contributed by atoms with van der Waals surface area (Å²) in [5, 5.41) is 12.0. The Labute approximate surface area is 205 Å². The third-order valence-electron chi connectivity index (χ3n) is 6.95. The predicted octanol–water partition coefficient (Wildman–Crippen LogP) is 3.64. The first-order valence-corrected chi connectivity index (χ1v) is 12.2. The van der Waals surface area contributed by atoms with E-state index in [1.807, 2.05) is 24.3 Å². The van der Waals surface area contributed by atoms with E-state index in [-0.39, 0.29) is 50.7 Å². The second kappa shape index (κ2) is 11.4. The van der Waals surface area contributed by atoms with Crippen LogP contribution in [0, 0.1) is 5.92 Å². The molecule has 1 heterocycles. The number of hydrogen-bond acceptors (Lipinski definition) is 5. The molecule has 2 amide bonds. The summed E-state index contributed by atoms with van der Waals surface area (Å²) in [6, 6.07) is 16.0. The minimum absolute atomic E-state index is 0.00770. The van der Waals surface area contributed by atoms with Crippen LogP contribution in [0.5, 0.6) is 0 Å². The third-order valence-corrected chi connectivity index (χ3v) is 6.95. The maximum atomic E-state index is 12.5. The van der Waals surface area contributed by atoms with Crippen LogP contribution in [0.3, 0.4) is 0 Å². The molecule has 0 aromatic heterocycles. The topological polar surface area (TPSA) is 105 Å². The number of ether oxygens (including phenoxy) is 2. The zero-order valence-electron chi connectivity index (χ0n) is 19.9. The molecule has 1 aliphatic heterocycles. The average molecular weight is 481 g/mol. The number of rotatable bonds is 9. The van der Waals surface area contributed by atoms with E-state index in [2.05, 4.69) is 29.6 Å². The minimum Gasteiger partial charge on any atom is -0.481 e. The Bertz CT molecular complexity index is 1030. The molecule has 2 N–H and O–H groups in total. The fraction of sp³-hybridized carbons (Fsp3) is 0.444. The summed E-state index contributed by atoms with van der Waals surface area (Å²) in [4.78, 5) is 37.6. The van der Waals surface area contributed by atoms with Gasteiger partial charge in [0.2, 0.25) is 5.91 Å². The largest absolute Gasteiger partial charge is 0.481 e. The van der Waals surface area contributed by atoms with Gasteiger partial charge < -0.3 is 24.8 Å². The molecule has 1 saturated heterocycles. The van der Waals surface area contributed by atoms with Crippen molar-refractivity contribution in [2.24, 2.45) is 5.92 Å². The van der Waals surface area contributed by atoms with E-state index < -0.39 is 18.0 Å². The summed E-state index contributed by atoms with van der Waals surface area (Å²) in [6.07, 6.45) is 0.964. The monoisotopic (exact) mass is 480 g/mol. The van der Waals surface area contributed by atoms with Crippen LogP contribution in [0.4, 0.5) is 4.79 Å². The first-order valence-electron chi connectivity index (χ1n) is 12.2. The number of carboxylic acids is 1. The van der Waals surface area contributed by atoms with Gasteiger partial charge in [-0.25, -0.2) is 4.79 Å². The van der Waals surface area contributed by atoms with Gasteiger partial charge in [0.05, 0.1) is 25.6 Å². The molecule has 1 fully saturated rings. The molecule has 0 unspecified atom stereocenters. The van der Waals surface area contributed by atoms with Crippen LogP contribution < -0.4 is 5.32 Å². The average Bonchev–Trinajstić information content (AvgIpc) is 3.18. The SMILES string of the molecule is C[C@H]1[C@@H](C(=O)O)CCCN1C(=O)CCOCCNC(=O)OCC1c2ccccc2-c2ccccc21. The van der Waals surface area contributed by atoms with E-state index in [0.29, 0.717) is 19.4 Å². The molecular formula is C27H32N2O6. The molecule has 2 aliphatic rings. The van der Waals surface area contributed by atoms with Crippen molar-refractivity contribution in [3.8, 4) is 11.1 Å². The van der Waals surface area contributed by atoms with Crippen molar-refractivity contribution in [3.63, 3.8) is 0 Å². The van der Waals surface area contributed by atoms with E-state index >= 15 is 0 Å². The number of hydrogen-bond donors (Lipinski definition) is 2. The molecule has 0 radical (unpaired) electrons. The number of benzene rings is 2. The number of carboxylic acid groups (broad SMARTS) is 1. The highest BCUT2D eigenvalue weighted by molar-refractivity contribution is 5.79. The number of alkyl carbamates (subject to hydrolysis) is 1. The molecule has 8 nitrogen and oxygen atoms in total. The number of carbonyl (C=O) groups is 3. The summed E-state index contributed by atoms with van der Waals surface area (Å²) in [5.41, 5.74) is 4.68. The van der Waals surface area contributed by atoms with E-state index in [0.717, 1.165) is 11.1 Å². The molecular weight excluding hydrogens is 448 g/mol. The van der Waals surface area contributed by atoms with Crippen molar-refractivity contribution in [2.75, 3.05) is 32.9 Å². The molecule has 8 heteroatoms. The number of fused-ring (bicyclic) bond motifs is 3. The summed E-state index contributed by atoms with van der Waals surface area (Å²) >= 11 is 0. The minimum atomic E-state index is -0.856. The van der Waals surface area contributed by atoms with Crippen molar-refractivity contribution < 1.29 is 29.0 Å². The highest BCUT2D eigenvalue weighted by atomic mass is 16.5. The van der Waals surface area contributed by atoms with Crippen molar-refractivity contribution in [3.05, 3.63) is 59.7 Å². The van der Waals surface area contributed by atoms with Crippen molar-refractivity contribution in [2.45, 2.75) is 38.1 Å². The maximum Gasteiger partial charge on any atom is 0.407 e. The Morgan fingerprint density at radius 3 is 2.34 bits per heavy atom. The van der Waals surface area contributed by atoms with E-state index in [9.17, 15) is 19.5 Å². The van der Waals surface area contributed by atoms with Gasteiger partial charge in [0.15, 0.2) is 0 Å². The summed E-state index contributed by atoms with van der Waals surface area (Å²) in [7, 11) is 0. The summed E-state index contributed by atoms with van der Waals surface area (Å²) < 4.78 is 11.0. The molecule has 0 bridgehead atoms. The Hall–Kier alpha value is -3.39. The molecule has 2 aromatic carbocycles. The van der Waals surface area contributed by atoms with Crippen LogP contribution in [0.15, 0.2) is 48.5 Å². The number of piperidine rings is 1. The molecule has 0 saturated carbocycles. The maximum absolute atomic E-state index is 12.5. The third kappa shape index (κ3) is 5.65. The Balaban J connectivity index is 1.14. The molecule has 186 valence electrons. The normalized spacial score (nSPS) is 19.1. The molecule has 4 rings (SSSR count). The zero-order chi connectivity index (χ0) is 24.8. The number of nitrogens with zero attached hydrogens (tertiary/aromatic N) is 1. The fourth-order valence-corrected chi connectivity index (χ4v) is 5.11. The van der Waals surface area contributed by atoms with Gasteiger partial charge in [-0.2, -0.15) is 0 Å². The lowest BCUT2D eigenvalue weighted by molar-refractivity contribution is -0.149. The number of likely N-dealkylation sites (tertiary alicyclic amines) is 1. The fourth-order valence-electron chi connectivity index (χ4n) is 5.11. The van der Waals surface area contributed by atoms with Gasteiger partial charge >= 0.3 is 12.1 Å². The molecule has 0 spiro atoms. The van der Waals surface area contributed by atoms with Crippen LogP contribution in [0.1, 0.15) is 43.2 Å². The van der Waals surface area contributed by atoms with Crippen LogP contribution in [-0.2, 0) is 19.1 Å². The van der Waals surface area contributed by atoms with E-state index in [4.69, 9.17) is 9.47 Å². The number of carbonyl (C=O) groups excluding carboxylic acids is 2. The summed E-state index contributed by atoms with van der Waals surface area (Å²) in [5.74, 6) is -1.47. The lowest BCUT2D eigenvalue weighted by Gasteiger charge is -2.37. The molecule has 2 atom stereocenters. The second-order valence-electron chi connectivity index (χ2n) is 9.03. The standard InChI is InChI=1S/C27H32N2O6/c1-18-19(26(31)32)11-6-14-29(18)25(30)12-15-34-16-13-28-27(33)35-17-24-22-9-4-2-7-20(22)21-8-3-5-10-23(21)24/h2-5,7-10,18-19,24H,6,11-17H2,1H3,(H,28,33)(H,31,32)/t18-,19-/m0/s1. The number of aliphatic carboxylic acids is 1. The van der Waals surface area contributed by atoms with Gasteiger partial charge in [-0.15, -0.1) is 0 Å². The highest BCUT2D eigenvalue weighted by Crippen LogP contribution is 2.44. The second-order valence-corrected chi connectivity index (χ2v) is 9.03. The van der Waals surface area contributed by atoms with Gasteiger partial charge in [0.25, 0.3) is 0 Å². The lowest BCUT2D eigenvalue weighted by Crippen LogP contribution is -2.49. The van der Waals surface area contributed by atoms with Gasteiger partial charge in [-0.1, -0.05) is 48.5 Å². The van der Waals surface area contributed by atoms with Crippen LogP contribution in [-0.4, -0.2) is 66.9 Å². The van der Waals surface area contributed by atoms with Crippen LogP contribution in [0.25, 0.3) is 11.1 Å².